The molecule has 23 heavy (non-hydrogen) atoms. The molecule has 1 saturated heterocycles. The number of aromatic nitrogens is 2. The molecule has 0 aliphatic carbocycles. The van der Waals surface area contributed by atoms with Crippen LogP contribution in [0.2, 0.25) is 0 Å². The Balaban J connectivity index is 1.58. The minimum atomic E-state index is -0.535. The highest BCUT2D eigenvalue weighted by Crippen LogP contribution is 2.26. The van der Waals surface area contributed by atoms with Crippen molar-refractivity contribution in [3.63, 3.8) is 0 Å². The van der Waals surface area contributed by atoms with Crippen molar-refractivity contribution in [1.82, 2.24) is 15.1 Å². The standard InChI is InChI=1S/C16H20N4O2S/c17-16(22)14-8-13(18-19-14)12-2-1-6-20(9-12)15(21)4-3-11-5-7-23-10-11/h5,7-8,10,12H,1-4,6,9H2,(H2,17,22)(H,18,19)/t12-/m1/s1. The number of nitrogens with one attached hydrogen (secondary N) is 1. The van der Waals surface area contributed by atoms with E-state index in [1.807, 2.05) is 10.3 Å². The van der Waals surface area contributed by atoms with Crippen LogP contribution in [0.5, 0.6) is 0 Å². The molecule has 0 saturated carbocycles. The average molecular weight is 332 g/mol. The number of aromatic amines is 1. The van der Waals surface area contributed by atoms with Crippen LogP contribution in [0.3, 0.4) is 0 Å². The molecule has 1 fully saturated rings. The Hall–Kier alpha value is -2.15. The molecule has 3 N–H and O–H groups in total. The number of rotatable bonds is 5. The first-order valence-electron chi connectivity index (χ1n) is 7.77. The van der Waals surface area contributed by atoms with E-state index in [0.717, 1.165) is 31.5 Å². The monoisotopic (exact) mass is 332 g/mol. The van der Waals surface area contributed by atoms with Crippen molar-refractivity contribution in [2.24, 2.45) is 5.73 Å². The lowest BCUT2D eigenvalue weighted by Crippen LogP contribution is -2.39. The fourth-order valence-electron chi connectivity index (χ4n) is 2.97. The maximum atomic E-state index is 12.4. The predicted molar refractivity (Wildman–Crippen MR) is 88.3 cm³/mol. The second kappa shape index (κ2) is 6.95. The lowest BCUT2D eigenvalue weighted by atomic mass is 9.94. The van der Waals surface area contributed by atoms with Gasteiger partial charge < -0.3 is 10.6 Å². The highest BCUT2D eigenvalue weighted by Gasteiger charge is 2.26. The van der Waals surface area contributed by atoms with Crippen molar-refractivity contribution >= 4 is 23.2 Å². The largest absolute Gasteiger partial charge is 0.364 e. The van der Waals surface area contributed by atoms with Gasteiger partial charge in [0.1, 0.15) is 5.69 Å². The molecule has 0 unspecified atom stereocenters. The van der Waals surface area contributed by atoms with Crippen molar-refractivity contribution in [2.75, 3.05) is 13.1 Å². The number of hydrogen-bond acceptors (Lipinski definition) is 4. The van der Waals surface area contributed by atoms with E-state index in [0.29, 0.717) is 13.0 Å². The van der Waals surface area contributed by atoms with Crippen molar-refractivity contribution in [2.45, 2.75) is 31.6 Å². The Morgan fingerprint density at radius 1 is 1.48 bits per heavy atom. The number of carbonyl (C=O) groups is 2. The van der Waals surface area contributed by atoms with E-state index in [9.17, 15) is 9.59 Å². The zero-order valence-corrected chi connectivity index (χ0v) is 13.6. The molecular weight excluding hydrogens is 312 g/mol. The SMILES string of the molecule is NC(=O)c1cc([C@@H]2CCCN(C(=O)CCc3ccsc3)C2)[nH]n1. The van der Waals surface area contributed by atoms with Gasteiger partial charge in [-0.25, -0.2) is 0 Å². The molecule has 0 aromatic carbocycles. The minimum absolute atomic E-state index is 0.189. The van der Waals surface area contributed by atoms with Crippen LogP contribution in [-0.2, 0) is 11.2 Å². The summed E-state index contributed by atoms with van der Waals surface area (Å²) >= 11 is 1.66. The maximum absolute atomic E-state index is 12.4. The topological polar surface area (TPSA) is 92.1 Å². The molecule has 0 spiro atoms. The Morgan fingerprint density at radius 2 is 2.35 bits per heavy atom. The average Bonchev–Trinajstić information content (AvgIpc) is 3.24. The van der Waals surface area contributed by atoms with Gasteiger partial charge in [-0.2, -0.15) is 16.4 Å². The summed E-state index contributed by atoms with van der Waals surface area (Å²) in [5.41, 5.74) is 7.59. The van der Waals surface area contributed by atoms with Crippen LogP contribution in [0.1, 0.15) is 46.9 Å². The summed E-state index contributed by atoms with van der Waals surface area (Å²) < 4.78 is 0. The van der Waals surface area contributed by atoms with E-state index in [1.165, 1.54) is 5.56 Å². The smallest absolute Gasteiger partial charge is 0.269 e. The molecule has 0 bridgehead atoms. The Bertz CT molecular complexity index is 680. The molecule has 1 atom stereocenters. The third-order valence-corrected chi connectivity index (χ3v) is 5.00. The van der Waals surface area contributed by atoms with Gasteiger partial charge >= 0.3 is 0 Å². The van der Waals surface area contributed by atoms with Crippen LogP contribution in [0, 0.1) is 0 Å². The number of carbonyl (C=O) groups excluding carboxylic acids is 2. The Morgan fingerprint density at radius 3 is 3.04 bits per heavy atom. The zero-order valence-electron chi connectivity index (χ0n) is 12.8. The van der Waals surface area contributed by atoms with Crippen LogP contribution >= 0.6 is 11.3 Å². The number of aryl methyl sites for hydroxylation is 1. The van der Waals surface area contributed by atoms with Crippen molar-refractivity contribution in [3.05, 3.63) is 39.8 Å². The first-order valence-corrected chi connectivity index (χ1v) is 8.71. The molecule has 3 rings (SSSR count). The van der Waals surface area contributed by atoms with E-state index in [4.69, 9.17) is 5.73 Å². The molecule has 122 valence electrons. The van der Waals surface area contributed by atoms with Gasteiger partial charge in [0.15, 0.2) is 0 Å². The molecule has 6 nitrogen and oxygen atoms in total. The van der Waals surface area contributed by atoms with E-state index < -0.39 is 5.91 Å². The molecular formula is C16H20N4O2S. The summed E-state index contributed by atoms with van der Waals surface area (Å²) in [6.07, 6.45) is 3.27. The van der Waals surface area contributed by atoms with Gasteiger partial charge in [0, 0.05) is 31.1 Å². The van der Waals surface area contributed by atoms with Crippen LogP contribution in [0.25, 0.3) is 0 Å². The molecule has 7 heteroatoms. The molecule has 2 amide bonds. The van der Waals surface area contributed by atoms with E-state index >= 15 is 0 Å². The van der Waals surface area contributed by atoms with Gasteiger partial charge in [0.25, 0.3) is 5.91 Å². The minimum Gasteiger partial charge on any atom is -0.364 e. The van der Waals surface area contributed by atoms with E-state index in [1.54, 1.807) is 17.4 Å². The summed E-state index contributed by atoms with van der Waals surface area (Å²) in [5.74, 6) is -0.156. The van der Waals surface area contributed by atoms with Gasteiger partial charge in [-0.05, 0) is 47.7 Å². The summed E-state index contributed by atoms with van der Waals surface area (Å²) in [7, 11) is 0. The first-order chi connectivity index (χ1) is 11.1. The summed E-state index contributed by atoms with van der Waals surface area (Å²) in [5, 5.41) is 10.9. The summed E-state index contributed by atoms with van der Waals surface area (Å²) in [6.45, 7) is 1.47. The number of likely N-dealkylation sites (tertiary alicyclic amines) is 1. The zero-order chi connectivity index (χ0) is 16.2. The summed E-state index contributed by atoms with van der Waals surface area (Å²) in [6, 6.07) is 3.76. The lowest BCUT2D eigenvalue weighted by molar-refractivity contribution is -0.132. The van der Waals surface area contributed by atoms with Gasteiger partial charge in [0.2, 0.25) is 5.91 Å². The fourth-order valence-corrected chi connectivity index (χ4v) is 3.68. The number of piperidine rings is 1. The van der Waals surface area contributed by atoms with E-state index in [-0.39, 0.29) is 17.5 Å². The number of nitrogens with two attached hydrogens (primary N) is 1. The molecule has 1 aliphatic rings. The van der Waals surface area contributed by atoms with Crippen molar-refractivity contribution in [1.29, 1.82) is 0 Å². The van der Waals surface area contributed by atoms with Crippen LogP contribution in [0.4, 0.5) is 0 Å². The van der Waals surface area contributed by atoms with Gasteiger partial charge in [-0.3, -0.25) is 14.7 Å². The van der Waals surface area contributed by atoms with E-state index in [2.05, 4.69) is 21.6 Å². The highest BCUT2D eigenvalue weighted by atomic mass is 32.1. The van der Waals surface area contributed by atoms with Crippen molar-refractivity contribution < 1.29 is 9.59 Å². The number of nitrogens with zero attached hydrogens (tertiary/aromatic N) is 2. The normalized spacial score (nSPS) is 18.1. The summed E-state index contributed by atoms with van der Waals surface area (Å²) in [4.78, 5) is 25.5. The Labute approximate surface area is 138 Å². The second-order valence-electron chi connectivity index (χ2n) is 5.88. The quantitative estimate of drug-likeness (QED) is 0.876. The molecule has 1 aliphatic heterocycles. The first kappa shape index (κ1) is 15.7. The molecule has 2 aromatic heterocycles. The third-order valence-electron chi connectivity index (χ3n) is 4.27. The van der Waals surface area contributed by atoms with Crippen LogP contribution < -0.4 is 5.73 Å². The van der Waals surface area contributed by atoms with Crippen molar-refractivity contribution in [3.8, 4) is 0 Å². The molecule has 2 aromatic rings. The van der Waals surface area contributed by atoms with Gasteiger partial charge in [-0.15, -0.1) is 0 Å². The fraction of sp³-hybridized carbons (Fsp3) is 0.438. The molecule has 0 radical (unpaired) electrons. The molecule has 3 heterocycles. The predicted octanol–water partition coefficient (Wildman–Crippen LogP) is 1.91. The number of primary amides is 1. The third kappa shape index (κ3) is 3.79. The van der Waals surface area contributed by atoms with Crippen LogP contribution in [-0.4, -0.2) is 40.0 Å². The van der Waals surface area contributed by atoms with Gasteiger partial charge in [-0.1, -0.05) is 0 Å². The number of hydrogen-bond donors (Lipinski definition) is 2. The Kier molecular flexibility index (Phi) is 4.76. The number of amides is 2. The highest BCUT2D eigenvalue weighted by molar-refractivity contribution is 7.07. The maximum Gasteiger partial charge on any atom is 0.269 e. The van der Waals surface area contributed by atoms with Gasteiger partial charge in [0.05, 0.1) is 0 Å². The number of thiophene rings is 1. The second-order valence-corrected chi connectivity index (χ2v) is 6.66. The van der Waals surface area contributed by atoms with Crippen LogP contribution in [0.15, 0.2) is 22.9 Å². The lowest BCUT2D eigenvalue weighted by Gasteiger charge is -2.32. The number of H-pyrrole nitrogens is 1.